The highest BCUT2D eigenvalue weighted by molar-refractivity contribution is 7.17. The lowest BCUT2D eigenvalue weighted by atomic mass is 9.99. The zero-order valence-electron chi connectivity index (χ0n) is 15.9. The van der Waals surface area contributed by atoms with Gasteiger partial charge in [0, 0.05) is 24.5 Å². The van der Waals surface area contributed by atoms with Gasteiger partial charge in [0.1, 0.15) is 16.7 Å². The van der Waals surface area contributed by atoms with Gasteiger partial charge in [-0.1, -0.05) is 23.8 Å². The van der Waals surface area contributed by atoms with Gasteiger partial charge in [-0.15, -0.1) is 11.3 Å². The number of methoxy groups -OCH3 is 1. The summed E-state index contributed by atoms with van der Waals surface area (Å²) in [5, 5.41) is 2.48. The summed E-state index contributed by atoms with van der Waals surface area (Å²) in [6, 6.07) is 5.35. The van der Waals surface area contributed by atoms with E-state index in [1.54, 1.807) is 14.0 Å². The topological polar surface area (TPSA) is 87.2 Å². The van der Waals surface area contributed by atoms with Gasteiger partial charge in [-0.25, -0.2) is 4.98 Å². The number of nitrogens with zero attached hydrogens (tertiary/aromatic N) is 2. The standard InChI is InChI=1S/C20H23N3O3S/c1-11-5-6-14(12(2)9-11)15-10-27-19-17(15)20(25)23(13(3)18(21)24)16(22-19)7-8-26-4/h5-6,9-10,13H,7-8H2,1-4H3,(H2,21,24). The summed E-state index contributed by atoms with van der Waals surface area (Å²) < 4.78 is 6.53. The van der Waals surface area contributed by atoms with Crippen LogP contribution >= 0.6 is 11.3 Å². The van der Waals surface area contributed by atoms with Crippen molar-refractivity contribution in [3.8, 4) is 11.1 Å². The maximum absolute atomic E-state index is 13.4. The van der Waals surface area contributed by atoms with E-state index in [0.29, 0.717) is 29.1 Å². The second-order valence-electron chi connectivity index (χ2n) is 6.67. The monoisotopic (exact) mass is 385 g/mol. The second-order valence-corrected chi connectivity index (χ2v) is 7.53. The Hall–Kier alpha value is -2.51. The third-order valence-corrected chi connectivity index (χ3v) is 5.59. The molecule has 2 aromatic heterocycles. The average Bonchev–Trinajstić information content (AvgIpc) is 3.03. The van der Waals surface area contributed by atoms with Crippen molar-refractivity contribution >= 4 is 27.5 Å². The first-order valence-corrected chi connectivity index (χ1v) is 9.61. The van der Waals surface area contributed by atoms with Gasteiger partial charge in [0.05, 0.1) is 12.0 Å². The van der Waals surface area contributed by atoms with Crippen LogP contribution in [0.5, 0.6) is 0 Å². The molecule has 2 N–H and O–H groups in total. The van der Waals surface area contributed by atoms with Gasteiger partial charge < -0.3 is 10.5 Å². The van der Waals surface area contributed by atoms with E-state index >= 15 is 0 Å². The Morgan fingerprint density at radius 2 is 2.07 bits per heavy atom. The van der Waals surface area contributed by atoms with E-state index in [0.717, 1.165) is 22.3 Å². The summed E-state index contributed by atoms with van der Waals surface area (Å²) in [7, 11) is 1.59. The lowest BCUT2D eigenvalue weighted by Gasteiger charge is -2.17. The van der Waals surface area contributed by atoms with Gasteiger partial charge in [-0.05, 0) is 31.9 Å². The quantitative estimate of drug-likeness (QED) is 0.707. The highest BCUT2D eigenvalue weighted by Crippen LogP contribution is 2.33. The number of benzene rings is 1. The van der Waals surface area contributed by atoms with E-state index in [9.17, 15) is 9.59 Å². The fourth-order valence-electron chi connectivity index (χ4n) is 3.26. The predicted molar refractivity (Wildman–Crippen MR) is 108 cm³/mol. The molecule has 2 heterocycles. The minimum Gasteiger partial charge on any atom is -0.384 e. The molecule has 142 valence electrons. The third-order valence-electron chi connectivity index (χ3n) is 4.71. The molecular weight excluding hydrogens is 362 g/mol. The number of thiophene rings is 1. The van der Waals surface area contributed by atoms with Crippen LogP contribution in [0, 0.1) is 13.8 Å². The van der Waals surface area contributed by atoms with Crippen molar-refractivity contribution < 1.29 is 9.53 Å². The van der Waals surface area contributed by atoms with Crippen LogP contribution < -0.4 is 11.3 Å². The first-order valence-electron chi connectivity index (χ1n) is 8.73. The SMILES string of the molecule is COCCc1nc2scc(-c3ccc(C)cc3C)c2c(=O)n1C(C)C(N)=O. The minimum absolute atomic E-state index is 0.242. The summed E-state index contributed by atoms with van der Waals surface area (Å²) in [5.74, 6) is -0.0603. The maximum Gasteiger partial charge on any atom is 0.263 e. The van der Waals surface area contributed by atoms with E-state index in [1.165, 1.54) is 15.9 Å². The van der Waals surface area contributed by atoms with E-state index in [1.807, 2.05) is 31.4 Å². The number of aryl methyl sites for hydroxylation is 2. The Morgan fingerprint density at radius 3 is 2.70 bits per heavy atom. The van der Waals surface area contributed by atoms with Crippen molar-refractivity contribution in [2.75, 3.05) is 13.7 Å². The molecule has 0 aliphatic heterocycles. The van der Waals surface area contributed by atoms with Crippen LogP contribution in [0.25, 0.3) is 21.3 Å². The third kappa shape index (κ3) is 3.52. The Morgan fingerprint density at radius 1 is 1.33 bits per heavy atom. The molecule has 0 saturated heterocycles. The Balaban J connectivity index is 2.30. The molecule has 0 saturated carbocycles. The van der Waals surface area contributed by atoms with Crippen molar-refractivity contribution in [1.29, 1.82) is 0 Å². The first-order chi connectivity index (χ1) is 12.8. The second kappa shape index (κ2) is 7.62. The van der Waals surface area contributed by atoms with Gasteiger partial charge >= 0.3 is 0 Å². The van der Waals surface area contributed by atoms with E-state index in [4.69, 9.17) is 10.5 Å². The summed E-state index contributed by atoms with van der Waals surface area (Å²) in [5.41, 5.74) is 9.33. The normalized spacial score (nSPS) is 12.4. The number of fused-ring (bicyclic) bond motifs is 1. The number of primary amides is 1. The highest BCUT2D eigenvalue weighted by Gasteiger charge is 2.23. The van der Waals surface area contributed by atoms with Crippen molar-refractivity contribution in [3.05, 3.63) is 50.9 Å². The molecule has 6 nitrogen and oxygen atoms in total. The summed E-state index contributed by atoms with van der Waals surface area (Å²) >= 11 is 1.43. The van der Waals surface area contributed by atoms with E-state index in [2.05, 4.69) is 11.1 Å². The minimum atomic E-state index is -0.784. The van der Waals surface area contributed by atoms with Crippen LogP contribution in [-0.2, 0) is 16.0 Å². The number of rotatable bonds is 6. The van der Waals surface area contributed by atoms with Gasteiger partial charge in [0.2, 0.25) is 5.91 Å². The number of carbonyl (C=O) groups excluding carboxylic acids is 1. The number of carbonyl (C=O) groups is 1. The van der Waals surface area contributed by atoms with Crippen LogP contribution in [0.3, 0.4) is 0 Å². The zero-order chi connectivity index (χ0) is 19.7. The number of amides is 1. The molecule has 1 amide bonds. The van der Waals surface area contributed by atoms with Crippen LogP contribution in [0.1, 0.15) is 29.9 Å². The molecule has 1 aromatic carbocycles. The molecule has 0 bridgehead atoms. The maximum atomic E-state index is 13.4. The van der Waals surface area contributed by atoms with Crippen molar-refractivity contribution in [2.24, 2.45) is 5.73 Å². The molecular formula is C20H23N3O3S. The van der Waals surface area contributed by atoms with Crippen molar-refractivity contribution in [1.82, 2.24) is 9.55 Å². The van der Waals surface area contributed by atoms with E-state index < -0.39 is 11.9 Å². The lowest BCUT2D eigenvalue weighted by molar-refractivity contribution is -0.120. The fourth-order valence-corrected chi connectivity index (χ4v) is 4.20. The van der Waals surface area contributed by atoms with E-state index in [-0.39, 0.29) is 5.56 Å². The molecule has 0 aliphatic carbocycles. The number of aromatic nitrogens is 2. The predicted octanol–water partition coefficient (Wildman–Crippen LogP) is 2.98. The molecule has 3 rings (SSSR count). The molecule has 3 aromatic rings. The van der Waals surface area contributed by atoms with Crippen molar-refractivity contribution in [3.63, 3.8) is 0 Å². The number of nitrogens with two attached hydrogens (primary N) is 1. The molecule has 0 spiro atoms. The van der Waals surface area contributed by atoms with Gasteiger partial charge in [0.15, 0.2) is 0 Å². The van der Waals surface area contributed by atoms with Gasteiger partial charge in [0.25, 0.3) is 5.56 Å². The van der Waals surface area contributed by atoms with Crippen molar-refractivity contribution in [2.45, 2.75) is 33.2 Å². The molecule has 1 unspecified atom stereocenters. The Bertz CT molecular complexity index is 1070. The van der Waals surface area contributed by atoms with Gasteiger partial charge in [-0.3, -0.25) is 14.2 Å². The van der Waals surface area contributed by atoms with Crippen LogP contribution in [-0.4, -0.2) is 29.2 Å². The zero-order valence-corrected chi connectivity index (χ0v) is 16.7. The molecule has 27 heavy (non-hydrogen) atoms. The van der Waals surface area contributed by atoms with Crippen LogP contribution in [0.4, 0.5) is 0 Å². The van der Waals surface area contributed by atoms with Crippen LogP contribution in [0.15, 0.2) is 28.4 Å². The Labute approximate surface area is 161 Å². The number of hydrogen-bond acceptors (Lipinski definition) is 5. The lowest BCUT2D eigenvalue weighted by Crippen LogP contribution is -2.35. The average molecular weight is 385 g/mol. The summed E-state index contributed by atoms with van der Waals surface area (Å²) in [6.45, 7) is 6.08. The summed E-state index contributed by atoms with van der Waals surface area (Å²) in [4.78, 5) is 30.5. The largest absolute Gasteiger partial charge is 0.384 e. The molecule has 1 atom stereocenters. The smallest absolute Gasteiger partial charge is 0.263 e. The molecule has 7 heteroatoms. The molecule has 0 aliphatic rings. The van der Waals surface area contributed by atoms with Crippen LogP contribution in [0.2, 0.25) is 0 Å². The number of hydrogen-bond donors (Lipinski definition) is 1. The fraction of sp³-hybridized carbons (Fsp3) is 0.350. The molecule has 0 radical (unpaired) electrons. The first kappa shape index (κ1) is 19.3. The Kier molecular flexibility index (Phi) is 5.43. The number of ether oxygens (including phenoxy) is 1. The van der Waals surface area contributed by atoms with Gasteiger partial charge in [-0.2, -0.15) is 0 Å². The summed E-state index contributed by atoms with van der Waals surface area (Å²) in [6.07, 6.45) is 0.427. The molecule has 0 fully saturated rings. The highest BCUT2D eigenvalue weighted by atomic mass is 32.1.